The van der Waals surface area contributed by atoms with Crippen LogP contribution in [0.3, 0.4) is 0 Å². The van der Waals surface area contributed by atoms with Crippen molar-refractivity contribution in [2.24, 2.45) is 0 Å². The Morgan fingerprint density at radius 2 is 1.83 bits per heavy atom. The van der Waals surface area contributed by atoms with Crippen molar-refractivity contribution in [1.29, 1.82) is 0 Å². The Balaban J connectivity index is 2.25. The van der Waals surface area contributed by atoms with Gasteiger partial charge in [-0.3, -0.25) is 4.79 Å². The summed E-state index contributed by atoms with van der Waals surface area (Å²) >= 11 is 5.99. The van der Waals surface area contributed by atoms with Gasteiger partial charge in [-0.1, -0.05) is 54.9 Å². The van der Waals surface area contributed by atoms with Gasteiger partial charge in [0.15, 0.2) is 0 Å². The summed E-state index contributed by atoms with van der Waals surface area (Å²) < 4.78 is 0. The molecule has 4 nitrogen and oxygen atoms in total. The number of benzene rings is 2. The maximum absolute atomic E-state index is 12.8. The molecule has 3 rings (SSSR count). The highest BCUT2D eigenvalue weighted by molar-refractivity contribution is 6.31. The first kappa shape index (κ1) is 15.3. The van der Waals surface area contributed by atoms with Crippen LogP contribution in [0.5, 0.6) is 0 Å². The van der Waals surface area contributed by atoms with E-state index in [1.54, 1.807) is 42.5 Å². The summed E-state index contributed by atoms with van der Waals surface area (Å²) in [5, 5.41) is 12.5. The average Bonchev–Trinajstić information content (AvgIpc) is 2.92. The summed E-state index contributed by atoms with van der Waals surface area (Å²) in [5.74, 6) is -2.42. The zero-order chi connectivity index (χ0) is 16.6. The molecule has 2 aromatic carbocycles. The van der Waals surface area contributed by atoms with E-state index in [-0.39, 0.29) is 11.5 Å². The van der Waals surface area contributed by atoms with Gasteiger partial charge in [-0.25, -0.2) is 0 Å². The van der Waals surface area contributed by atoms with E-state index < -0.39 is 11.9 Å². The number of carboxylic acids is 1. The van der Waals surface area contributed by atoms with Crippen LogP contribution in [0.1, 0.15) is 34.5 Å². The van der Waals surface area contributed by atoms with E-state index >= 15 is 0 Å². The third kappa shape index (κ3) is 2.73. The summed E-state index contributed by atoms with van der Waals surface area (Å²) in [6.45, 7) is 1.51. The van der Waals surface area contributed by atoms with Crippen LogP contribution in [0.15, 0.2) is 48.5 Å². The minimum absolute atomic E-state index is 0.255. The average molecular weight is 327 g/mol. The lowest BCUT2D eigenvalue weighted by molar-refractivity contribution is -0.307. The number of aromatic amines is 1. The van der Waals surface area contributed by atoms with Crippen LogP contribution in [-0.2, 0) is 4.79 Å². The van der Waals surface area contributed by atoms with Crippen molar-refractivity contribution >= 4 is 34.3 Å². The largest absolute Gasteiger partial charge is 0.550 e. The highest BCUT2D eigenvalue weighted by atomic mass is 35.5. The smallest absolute Gasteiger partial charge is 0.209 e. The van der Waals surface area contributed by atoms with Crippen LogP contribution < -0.4 is 5.11 Å². The second kappa shape index (κ2) is 5.89. The molecular weight excluding hydrogens is 314 g/mol. The molecule has 1 aromatic heterocycles. The van der Waals surface area contributed by atoms with Crippen LogP contribution in [0.2, 0.25) is 5.02 Å². The fraction of sp³-hybridized carbons (Fsp3) is 0.111. The lowest BCUT2D eigenvalue weighted by Gasteiger charge is -2.14. The Kier molecular flexibility index (Phi) is 3.92. The molecule has 0 aliphatic carbocycles. The van der Waals surface area contributed by atoms with Crippen LogP contribution >= 0.6 is 11.6 Å². The van der Waals surface area contributed by atoms with Gasteiger partial charge < -0.3 is 14.9 Å². The van der Waals surface area contributed by atoms with Gasteiger partial charge in [-0.05, 0) is 17.7 Å². The van der Waals surface area contributed by atoms with Gasteiger partial charge in [-0.15, -0.1) is 0 Å². The van der Waals surface area contributed by atoms with E-state index in [9.17, 15) is 14.7 Å². The van der Waals surface area contributed by atoms with Crippen LogP contribution in [0.4, 0.5) is 0 Å². The molecular formula is C18H13ClNO3-. The van der Waals surface area contributed by atoms with E-state index in [0.717, 1.165) is 0 Å². The molecule has 1 N–H and O–H groups in total. The number of rotatable bonds is 4. The lowest BCUT2D eigenvalue weighted by atomic mass is 9.94. The van der Waals surface area contributed by atoms with Crippen molar-refractivity contribution in [3.05, 3.63) is 70.4 Å². The summed E-state index contributed by atoms with van der Waals surface area (Å²) in [5.41, 5.74) is 1.78. The minimum atomic E-state index is -1.23. The molecule has 0 spiro atoms. The molecule has 0 aliphatic rings. The molecule has 0 saturated carbocycles. The van der Waals surface area contributed by atoms with Gasteiger partial charge in [0, 0.05) is 33.4 Å². The standard InChI is InChI=1S/C18H14ClNO3/c1-10(18(22)23)15-13-8-7-12(19)9-14(13)20-16(15)17(21)11-5-3-2-4-6-11/h2-10,20H,1H3,(H,22,23)/p-1. The Morgan fingerprint density at radius 1 is 1.13 bits per heavy atom. The molecule has 0 aliphatic heterocycles. The lowest BCUT2D eigenvalue weighted by Crippen LogP contribution is -2.28. The number of H-pyrrole nitrogens is 1. The number of carbonyl (C=O) groups excluding carboxylic acids is 2. The normalized spacial score (nSPS) is 12.3. The highest BCUT2D eigenvalue weighted by Gasteiger charge is 2.23. The summed E-state index contributed by atoms with van der Waals surface area (Å²) in [6, 6.07) is 13.8. The van der Waals surface area contributed by atoms with E-state index in [4.69, 9.17) is 11.6 Å². The first-order valence-corrected chi connectivity index (χ1v) is 7.48. The molecule has 116 valence electrons. The van der Waals surface area contributed by atoms with Crippen molar-refractivity contribution in [2.75, 3.05) is 0 Å². The van der Waals surface area contributed by atoms with E-state index in [1.807, 2.05) is 6.07 Å². The number of hydrogen-bond donors (Lipinski definition) is 1. The number of hydrogen-bond acceptors (Lipinski definition) is 3. The maximum atomic E-state index is 12.8. The predicted octanol–water partition coefficient (Wildman–Crippen LogP) is 2.91. The van der Waals surface area contributed by atoms with Crippen molar-refractivity contribution in [1.82, 2.24) is 4.98 Å². The molecule has 0 fully saturated rings. The number of ketones is 1. The maximum Gasteiger partial charge on any atom is 0.209 e. The van der Waals surface area contributed by atoms with Crippen LogP contribution in [0.25, 0.3) is 10.9 Å². The van der Waals surface area contributed by atoms with Gasteiger partial charge in [0.2, 0.25) is 5.78 Å². The molecule has 1 unspecified atom stereocenters. The molecule has 0 saturated heterocycles. The van der Waals surface area contributed by atoms with Gasteiger partial charge in [0.25, 0.3) is 0 Å². The Bertz CT molecular complexity index is 899. The Hall–Kier alpha value is -2.59. The zero-order valence-electron chi connectivity index (χ0n) is 12.3. The number of nitrogens with one attached hydrogen (secondary N) is 1. The number of aromatic nitrogens is 1. The second-order valence-electron chi connectivity index (χ2n) is 5.34. The van der Waals surface area contributed by atoms with Gasteiger partial charge in [-0.2, -0.15) is 0 Å². The number of carbonyl (C=O) groups is 2. The summed E-state index contributed by atoms with van der Waals surface area (Å²) in [6.07, 6.45) is 0. The Morgan fingerprint density at radius 3 is 2.48 bits per heavy atom. The predicted molar refractivity (Wildman–Crippen MR) is 86.6 cm³/mol. The summed E-state index contributed by atoms with van der Waals surface area (Å²) in [4.78, 5) is 27.1. The fourth-order valence-corrected chi connectivity index (χ4v) is 2.84. The molecule has 1 heterocycles. The topological polar surface area (TPSA) is 73.0 Å². The first-order chi connectivity index (χ1) is 11.0. The van der Waals surface area contributed by atoms with Crippen molar-refractivity contribution in [3.63, 3.8) is 0 Å². The monoisotopic (exact) mass is 326 g/mol. The molecule has 1 atom stereocenters. The van der Waals surface area contributed by atoms with E-state index in [1.165, 1.54) is 6.92 Å². The van der Waals surface area contributed by atoms with Gasteiger partial charge in [0.1, 0.15) is 0 Å². The molecule has 3 aromatic rings. The van der Waals surface area contributed by atoms with E-state index in [2.05, 4.69) is 4.98 Å². The molecule has 0 bridgehead atoms. The minimum Gasteiger partial charge on any atom is -0.550 e. The molecule has 5 heteroatoms. The van der Waals surface area contributed by atoms with E-state index in [0.29, 0.717) is 27.1 Å². The SMILES string of the molecule is CC(C(=O)[O-])c1c(C(=O)c2ccccc2)[nH]c2cc(Cl)ccc12. The third-order valence-electron chi connectivity index (χ3n) is 3.85. The second-order valence-corrected chi connectivity index (χ2v) is 5.78. The first-order valence-electron chi connectivity index (χ1n) is 7.10. The van der Waals surface area contributed by atoms with Crippen LogP contribution in [0, 0.1) is 0 Å². The Labute approximate surface area is 137 Å². The molecule has 0 amide bonds. The van der Waals surface area contributed by atoms with Crippen LogP contribution in [-0.4, -0.2) is 16.7 Å². The van der Waals surface area contributed by atoms with Crippen molar-refractivity contribution < 1.29 is 14.7 Å². The van der Waals surface area contributed by atoms with Gasteiger partial charge >= 0.3 is 0 Å². The van der Waals surface area contributed by atoms with Gasteiger partial charge in [0.05, 0.1) is 5.69 Å². The molecule has 23 heavy (non-hydrogen) atoms. The van der Waals surface area contributed by atoms with Crippen molar-refractivity contribution in [2.45, 2.75) is 12.8 Å². The molecule has 0 radical (unpaired) electrons. The van der Waals surface area contributed by atoms with Crippen molar-refractivity contribution in [3.8, 4) is 0 Å². The number of aliphatic carboxylic acids is 1. The quantitative estimate of drug-likeness (QED) is 0.749. The number of carboxylic acid groups (broad SMARTS) is 1. The fourth-order valence-electron chi connectivity index (χ4n) is 2.67. The summed E-state index contributed by atoms with van der Waals surface area (Å²) in [7, 11) is 0. The highest BCUT2D eigenvalue weighted by Crippen LogP contribution is 2.32. The zero-order valence-corrected chi connectivity index (χ0v) is 13.1. The third-order valence-corrected chi connectivity index (χ3v) is 4.09. The number of halogens is 1. The number of fused-ring (bicyclic) bond motifs is 1.